The number of amides is 2. The number of benzene rings is 2. The van der Waals surface area contributed by atoms with Crippen molar-refractivity contribution in [2.45, 2.75) is 25.2 Å². The summed E-state index contributed by atoms with van der Waals surface area (Å²) in [5.41, 5.74) is 2.32. The standard InChI is InChI=1S/C23H28N2O2/c1-24(2)23(27)20-13-15-25(16-14-20)22(26)17-21(18-9-5-3-6-10-18)19-11-7-4-8-12-19/h3-12,20-21H,13-17H2,1-2H3. The van der Waals surface area contributed by atoms with E-state index in [1.54, 1.807) is 19.0 Å². The van der Waals surface area contributed by atoms with Crippen molar-refractivity contribution in [3.63, 3.8) is 0 Å². The van der Waals surface area contributed by atoms with Crippen LogP contribution in [0.3, 0.4) is 0 Å². The van der Waals surface area contributed by atoms with Gasteiger partial charge in [0.1, 0.15) is 0 Å². The van der Waals surface area contributed by atoms with Crippen molar-refractivity contribution in [2.75, 3.05) is 27.2 Å². The molecular formula is C23H28N2O2. The lowest BCUT2D eigenvalue weighted by Gasteiger charge is -2.33. The summed E-state index contributed by atoms with van der Waals surface area (Å²) in [5, 5.41) is 0. The van der Waals surface area contributed by atoms with Crippen molar-refractivity contribution in [3.05, 3.63) is 71.8 Å². The maximum absolute atomic E-state index is 13.0. The summed E-state index contributed by atoms with van der Waals surface area (Å²) in [4.78, 5) is 28.7. The Bertz CT molecular complexity index is 711. The second-order valence-corrected chi connectivity index (χ2v) is 7.47. The number of carbonyl (C=O) groups excluding carboxylic acids is 2. The molecule has 27 heavy (non-hydrogen) atoms. The van der Waals surface area contributed by atoms with Crippen LogP contribution in [0.5, 0.6) is 0 Å². The van der Waals surface area contributed by atoms with Gasteiger partial charge in [0.15, 0.2) is 0 Å². The third-order valence-corrected chi connectivity index (χ3v) is 5.42. The van der Waals surface area contributed by atoms with Gasteiger partial charge in [-0.25, -0.2) is 0 Å². The van der Waals surface area contributed by atoms with Crippen molar-refractivity contribution in [3.8, 4) is 0 Å². The number of hydrogen-bond donors (Lipinski definition) is 0. The van der Waals surface area contributed by atoms with Crippen LogP contribution in [0.1, 0.15) is 36.3 Å². The summed E-state index contributed by atoms with van der Waals surface area (Å²) in [5.74, 6) is 0.445. The molecule has 0 radical (unpaired) electrons. The first-order valence-corrected chi connectivity index (χ1v) is 9.65. The molecule has 0 atom stereocenters. The molecule has 0 aliphatic carbocycles. The Balaban J connectivity index is 1.68. The molecular weight excluding hydrogens is 336 g/mol. The molecule has 142 valence electrons. The smallest absolute Gasteiger partial charge is 0.225 e. The second-order valence-electron chi connectivity index (χ2n) is 7.47. The summed E-state index contributed by atoms with van der Waals surface area (Å²) in [7, 11) is 3.59. The van der Waals surface area contributed by atoms with Gasteiger partial charge in [-0.15, -0.1) is 0 Å². The molecule has 1 heterocycles. The first-order valence-electron chi connectivity index (χ1n) is 9.65. The van der Waals surface area contributed by atoms with Crippen LogP contribution in [0, 0.1) is 5.92 Å². The SMILES string of the molecule is CN(C)C(=O)C1CCN(C(=O)CC(c2ccccc2)c2ccccc2)CC1. The molecule has 1 fully saturated rings. The van der Waals surface area contributed by atoms with Crippen LogP contribution < -0.4 is 0 Å². The first kappa shape index (κ1) is 19.2. The maximum atomic E-state index is 13.0. The molecule has 0 N–H and O–H groups in total. The van der Waals surface area contributed by atoms with Crippen LogP contribution in [0.2, 0.25) is 0 Å². The minimum atomic E-state index is 0.0445. The molecule has 1 saturated heterocycles. The normalized spacial score (nSPS) is 15.0. The van der Waals surface area contributed by atoms with Crippen molar-refractivity contribution < 1.29 is 9.59 Å². The summed E-state index contributed by atoms with van der Waals surface area (Å²) in [6, 6.07) is 20.4. The number of rotatable bonds is 5. The van der Waals surface area contributed by atoms with Gasteiger partial charge < -0.3 is 9.80 Å². The number of nitrogens with zero attached hydrogens (tertiary/aromatic N) is 2. The molecule has 0 spiro atoms. The summed E-state index contributed by atoms with van der Waals surface area (Å²) in [6.45, 7) is 1.33. The fourth-order valence-electron chi connectivity index (χ4n) is 3.84. The summed E-state index contributed by atoms with van der Waals surface area (Å²) < 4.78 is 0. The zero-order chi connectivity index (χ0) is 19.2. The molecule has 4 nitrogen and oxygen atoms in total. The zero-order valence-electron chi connectivity index (χ0n) is 16.2. The Morgan fingerprint density at radius 2 is 1.41 bits per heavy atom. The Morgan fingerprint density at radius 1 is 0.926 bits per heavy atom. The monoisotopic (exact) mass is 364 g/mol. The van der Waals surface area contributed by atoms with Crippen molar-refractivity contribution in [2.24, 2.45) is 5.92 Å². The van der Waals surface area contributed by atoms with E-state index >= 15 is 0 Å². The average Bonchev–Trinajstić information content (AvgIpc) is 2.72. The predicted molar refractivity (Wildman–Crippen MR) is 107 cm³/mol. The number of carbonyl (C=O) groups is 2. The minimum absolute atomic E-state index is 0.0445. The van der Waals surface area contributed by atoms with E-state index < -0.39 is 0 Å². The maximum Gasteiger partial charge on any atom is 0.225 e. The summed E-state index contributed by atoms with van der Waals surface area (Å²) in [6.07, 6.45) is 1.97. The van der Waals surface area contributed by atoms with E-state index in [9.17, 15) is 9.59 Å². The van der Waals surface area contributed by atoms with Gasteiger partial charge in [-0.3, -0.25) is 9.59 Å². The topological polar surface area (TPSA) is 40.6 Å². The Morgan fingerprint density at radius 3 is 1.85 bits per heavy atom. The van der Waals surface area contributed by atoms with Crippen molar-refractivity contribution in [1.29, 1.82) is 0 Å². The lowest BCUT2D eigenvalue weighted by molar-refractivity contribution is -0.139. The molecule has 0 bridgehead atoms. The third kappa shape index (κ3) is 4.76. The van der Waals surface area contributed by atoms with Gasteiger partial charge in [0.2, 0.25) is 11.8 Å². The van der Waals surface area contributed by atoms with Crippen molar-refractivity contribution in [1.82, 2.24) is 9.80 Å². The quantitative estimate of drug-likeness (QED) is 0.814. The highest BCUT2D eigenvalue weighted by Crippen LogP contribution is 2.29. The van der Waals surface area contributed by atoms with E-state index in [0.717, 1.165) is 24.0 Å². The highest BCUT2D eigenvalue weighted by Gasteiger charge is 2.29. The van der Waals surface area contributed by atoms with E-state index in [1.165, 1.54) is 0 Å². The highest BCUT2D eigenvalue weighted by atomic mass is 16.2. The summed E-state index contributed by atoms with van der Waals surface area (Å²) >= 11 is 0. The lowest BCUT2D eigenvalue weighted by Crippen LogP contribution is -2.43. The first-order chi connectivity index (χ1) is 13.1. The minimum Gasteiger partial charge on any atom is -0.349 e. The molecule has 0 aromatic heterocycles. The van der Waals surface area contributed by atoms with Gasteiger partial charge in [0.25, 0.3) is 0 Å². The van der Waals surface area contributed by atoms with E-state index in [4.69, 9.17) is 0 Å². The van der Waals surface area contributed by atoms with Gasteiger partial charge >= 0.3 is 0 Å². The molecule has 0 unspecified atom stereocenters. The molecule has 2 aromatic rings. The Hall–Kier alpha value is -2.62. The van der Waals surface area contributed by atoms with Gasteiger partial charge in [0.05, 0.1) is 0 Å². The van der Waals surface area contributed by atoms with Crippen LogP contribution in [-0.4, -0.2) is 48.8 Å². The van der Waals surface area contributed by atoms with Crippen LogP contribution in [-0.2, 0) is 9.59 Å². The van der Waals surface area contributed by atoms with Crippen LogP contribution in [0.4, 0.5) is 0 Å². The van der Waals surface area contributed by atoms with Gasteiger partial charge in [-0.2, -0.15) is 0 Å². The van der Waals surface area contributed by atoms with Gasteiger partial charge in [0, 0.05) is 45.4 Å². The number of piperidine rings is 1. The largest absolute Gasteiger partial charge is 0.349 e. The van der Waals surface area contributed by atoms with Crippen molar-refractivity contribution >= 4 is 11.8 Å². The van der Waals surface area contributed by atoms with E-state index in [0.29, 0.717) is 19.5 Å². The molecule has 4 heteroatoms. The molecule has 1 aliphatic heterocycles. The Kier molecular flexibility index (Phi) is 6.28. The highest BCUT2D eigenvalue weighted by molar-refractivity contribution is 5.80. The average molecular weight is 364 g/mol. The fraction of sp³-hybridized carbons (Fsp3) is 0.391. The van der Waals surface area contributed by atoms with E-state index in [2.05, 4.69) is 24.3 Å². The van der Waals surface area contributed by atoms with E-state index in [1.807, 2.05) is 41.3 Å². The molecule has 3 rings (SSSR count). The number of likely N-dealkylation sites (tertiary alicyclic amines) is 1. The van der Waals surface area contributed by atoms with Crippen LogP contribution >= 0.6 is 0 Å². The van der Waals surface area contributed by atoms with E-state index in [-0.39, 0.29) is 23.7 Å². The predicted octanol–water partition coefficient (Wildman–Crippen LogP) is 3.54. The van der Waals surface area contributed by atoms with Gasteiger partial charge in [-0.1, -0.05) is 60.7 Å². The van der Waals surface area contributed by atoms with Crippen LogP contribution in [0.25, 0.3) is 0 Å². The molecule has 2 amide bonds. The molecule has 1 aliphatic rings. The van der Waals surface area contributed by atoms with Gasteiger partial charge in [-0.05, 0) is 24.0 Å². The van der Waals surface area contributed by atoms with Crippen LogP contribution in [0.15, 0.2) is 60.7 Å². The Labute approximate surface area is 161 Å². The zero-order valence-corrected chi connectivity index (χ0v) is 16.2. The third-order valence-electron chi connectivity index (χ3n) is 5.42. The second kappa shape index (κ2) is 8.85. The molecule has 2 aromatic carbocycles. The fourth-order valence-corrected chi connectivity index (χ4v) is 3.84. The lowest BCUT2D eigenvalue weighted by atomic mass is 9.87. The molecule has 0 saturated carbocycles. The number of hydrogen-bond acceptors (Lipinski definition) is 2.